The molecule has 0 aliphatic heterocycles. The number of aromatic amines is 1. The minimum absolute atomic E-state index is 0.324. The number of hydrogen-bond acceptors (Lipinski definition) is 4. The van der Waals surface area contributed by atoms with E-state index in [1.54, 1.807) is 19.1 Å². The van der Waals surface area contributed by atoms with Crippen LogP contribution in [0.2, 0.25) is 5.02 Å². The fraction of sp³-hybridized carbons (Fsp3) is 0.105. The summed E-state index contributed by atoms with van der Waals surface area (Å²) in [5, 5.41) is 5.41. The van der Waals surface area contributed by atoms with E-state index in [0.29, 0.717) is 32.8 Å². The molecule has 0 atom stereocenters. The number of benzene rings is 2. The molecule has 0 spiro atoms. The SMILES string of the molecule is Cc1nn2c(=O)[nH]c(SCc3ccccc3Cl)nc2c1-c1ccc(F)cc1. The molecule has 2 aromatic carbocycles. The molecule has 0 unspecified atom stereocenters. The number of hydrogen-bond donors (Lipinski definition) is 1. The predicted octanol–water partition coefficient (Wildman–Crippen LogP) is 4.48. The molecule has 0 saturated heterocycles. The standard InChI is InChI=1S/C19H14ClFN4OS/c1-11-16(12-6-8-14(21)9-7-12)17-22-18(23-19(26)25(17)24-11)27-10-13-4-2-3-5-15(13)20/h2-9H,10H2,1H3,(H,22,23,26). The Hall–Kier alpha value is -2.64. The van der Waals surface area contributed by atoms with Gasteiger partial charge in [0.25, 0.3) is 0 Å². The number of halogens is 2. The highest BCUT2D eigenvalue weighted by Crippen LogP contribution is 2.28. The normalized spacial score (nSPS) is 11.2. The van der Waals surface area contributed by atoms with Gasteiger partial charge >= 0.3 is 5.69 Å². The van der Waals surface area contributed by atoms with E-state index in [0.717, 1.165) is 11.1 Å². The summed E-state index contributed by atoms with van der Waals surface area (Å²) < 4.78 is 14.5. The minimum Gasteiger partial charge on any atom is -0.285 e. The molecule has 0 bridgehead atoms. The summed E-state index contributed by atoms with van der Waals surface area (Å²) in [7, 11) is 0. The van der Waals surface area contributed by atoms with Gasteiger partial charge in [0.1, 0.15) is 5.82 Å². The molecule has 0 fully saturated rings. The fourth-order valence-corrected chi connectivity index (χ4v) is 3.95. The van der Waals surface area contributed by atoms with Crippen molar-refractivity contribution >= 4 is 29.0 Å². The summed E-state index contributed by atoms with van der Waals surface area (Å²) in [4.78, 5) is 19.7. The molecule has 136 valence electrons. The lowest BCUT2D eigenvalue weighted by atomic mass is 10.1. The second-order valence-electron chi connectivity index (χ2n) is 5.93. The number of H-pyrrole nitrogens is 1. The third kappa shape index (κ3) is 3.48. The number of nitrogens with one attached hydrogen (secondary N) is 1. The van der Waals surface area contributed by atoms with Gasteiger partial charge in [-0.25, -0.2) is 14.2 Å². The Kier molecular flexibility index (Phi) is 4.72. The van der Waals surface area contributed by atoms with Gasteiger partial charge in [-0.15, -0.1) is 0 Å². The van der Waals surface area contributed by atoms with Crippen LogP contribution in [0.3, 0.4) is 0 Å². The monoisotopic (exact) mass is 400 g/mol. The molecule has 5 nitrogen and oxygen atoms in total. The number of aromatic nitrogens is 4. The highest BCUT2D eigenvalue weighted by Gasteiger charge is 2.16. The number of aryl methyl sites for hydroxylation is 1. The largest absolute Gasteiger partial charge is 0.350 e. The molecule has 0 aliphatic rings. The zero-order valence-corrected chi connectivity index (χ0v) is 15.8. The number of rotatable bonds is 4. The molecule has 2 aromatic heterocycles. The maximum Gasteiger partial charge on any atom is 0.350 e. The third-order valence-electron chi connectivity index (χ3n) is 4.10. The van der Waals surface area contributed by atoms with Crippen LogP contribution in [0.15, 0.2) is 58.5 Å². The molecule has 0 aliphatic carbocycles. The van der Waals surface area contributed by atoms with Crippen LogP contribution in [0.1, 0.15) is 11.3 Å². The smallest absolute Gasteiger partial charge is 0.285 e. The van der Waals surface area contributed by atoms with Gasteiger partial charge in [-0.2, -0.15) is 9.61 Å². The molecule has 0 radical (unpaired) electrons. The first kappa shape index (κ1) is 17.8. The van der Waals surface area contributed by atoms with E-state index in [-0.39, 0.29) is 11.5 Å². The zero-order valence-electron chi connectivity index (χ0n) is 14.2. The molecule has 0 saturated carbocycles. The molecule has 2 heterocycles. The van der Waals surface area contributed by atoms with Gasteiger partial charge in [-0.3, -0.25) is 4.98 Å². The van der Waals surface area contributed by atoms with E-state index in [2.05, 4.69) is 15.1 Å². The molecule has 4 aromatic rings. The van der Waals surface area contributed by atoms with E-state index >= 15 is 0 Å². The van der Waals surface area contributed by atoms with Crippen molar-refractivity contribution in [1.29, 1.82) is 0 Å². The first-order valence-electron chi connectivity index (χ1n) is 8.15. The maximum absolute atomic E-state index is 13.3. The van der Waals surface area contributed by atoms with Crippen LogP contribution in [0.4, 0.5) is 4.39 Å². The lowest BCUT2D eigenvalue weighted by Crippen LogP contribution is -2.19. The summed E-state index contributed by atoms with van der Waals surface area (Å²) in [5.74, 6) is 0.243. The van der Waals surface area contributed by atoms with E-state index in [1.807, 2.05) is 24.3 Å². The average molecular weight is 401 g/mol. The number of nitrogens with zero attached hydrogens (tertiary/aromatic N) is 3. The van der Waals surface area contributed by atoms with E-state index < -0.39 is 0 Å². The highest BCUT2D eigenvalue weighted by atomic mass is 35.5. The van der Waals surface area contributed by atoms with Crippen molar-refractivity contribution < 1.29 is 4.39 Å². The van der Waals surface area contributed by atoms with Gasteiger partial charge in [0, 0.05) is 16.3 Å². The zero-order chi connectivity index (χ0) is 19.0. The van der Waals surface area contributed by atoms with Crippen molar-refractivity contribution in [2.24, 2.45) is 0 Å². The quantitative estimate of drug-likeness (QED) is 0.513. The van der Waals surface area contributed by atoms with Gasteiger partial charge in [-0.1, -0.05) is 53.7 Å². The maximum atomic E-state index is 13.3. The van der Waals surface area contributed by atoms with Crippen LogP contribution in [0.5, 0.6) is 0 Å². The first-order valence-corrected chi connectivity index (χ1v) is 9.51. The molecule has 1 N–H and O–H groups in total. The van der Waals surface area contributed by atoms with Crippen LogP contribution in [0.25, 0.3) is 16.8 Å². The van der Waals surface area contributed by atoms with Crippen LogP contribution >= 0.6 is 23.4 Å². The fourth-order valence-electron chi connectivity index (χ4n) is 2.81. The van der Waals surface area contributed by atoms with Crippen LogP contribution in [0, 0.1) is 12.7 Å². The van der Waals surface area contributed by atoms with Crippen molar-refractivity contribution in [3.8, 4) is 11.1 Å². The molecule has 8 heteroatoms. The predicted molar refractivity (Wildman–Crippen MR) is 105 cm³/mol. The summed E-state index contributed by atoms with van der Waals surface area (Å²) in [5.41, 5.74) is 3.12. The average Bonchev–Trinajstić information content (AvgIpc) is 2.98. The third-order valence-corrected chi connectivity index (χ3v) is 5.40. The van der Waals surface area contributed by atoms with Crippen LogP contribution in [-0.4, -0.2) is 19.6 Å². The van der Waals surface area contributed by atoms with Crippen molar-refractivity contribution in [2.75, 3.05) is 0 Å². The van der Waals surface area contributed by atoms with Crippen molar-refractivity contribution in [3.63, 3.8) is 0 Å². The van der Waals surface area contributed by atoms with Crippen molar-refractivity contribution in [1.82, 2.24) is 19.6 Å². The first-order chi connectivity index (χ1) is 13.0. The molecular formula is C19H14ClFN4OS. The highest BCUT2D eigenvalue weighted by molar-refractivity contribution is 7.98. The number of thioether (sulfide) groups is 1. The molecule has 0 amide bonds. The van der Waals surface area contributed by atoms with Crippen molar-refractivity contribution in [2.45, 2.75) is 17.8 Å². The lowest BCUT2D eigenvalue weighted by Gasteiger charge is -2.05. The van der Waals surface area contributed by atoms with E-state index in [1.165, 1.54) is 28.4 Å². The summed E-state index contributed by atoms with van der Waals surface area (Å²) >= 11 is 7.57. The molecule has 27 heavy (non-hydrogen) atoms. The van der Waals surface area contributed by atoms with Gasteiger partial charge < -0.3 is 0 Å². The van der Waals surface area contributed by atoms with Gasteiger partial charge in [0.2, 0.25) is 0 Å². The lowest BCUT2D eigenvalue weighted by molar-refractivity contribution is 0.628. The Morgan fingerprint density at radius 1 is 1.19 bits per heavy atom. The van der Waals surface area contributed by atoms with E-state index in [9.17, 15) is 9.18 Å². The Balaban J connectivity index is 1.76. The summed E-state index contributed by atoms with van der Waals surface area (Å²) in [6, 6.07) is 13.6. The second kappa shape index (κ2) is 7.17. The molecule has 4 rings (SSSR count). The van der Waals surface area contributed by atoms with Crippen LogP contribution < -0.4 is 5.69 Å². The van der Waals surface area contributed by atoms with Gasteiger partial charge in [0.05, 0.1) is 5.69 Å². The second-order valence-corrected chi connectivity index (χ2v) is 7.30. The molecular weight excluding hydrogens is 387 g/mol. The Bertz CT molecular complexity index is 1190. The van der Waals surface area contributed by atoms with E-state index in [4.69, 9.17) is 11.6 Å². The topological polar surface area (TPSA) is 63.1 Å². The van der Waals surface area contributed by atoms with Crippen LogP contribution in [-0.2, 0) is 5.75 Å². The Morgan fingerprint density at radius 3 is 2.67 bits per heavy atom. The Labute approximate surface area is 163 Å². The van der Waals surface area contributed by atoms with Crippen molar-refractivity contribution in [3.05, 3.63) is 81.1 Å². The minimum atomic E-state index is -0.377. The Morgan fingerprint density at radius 2 is 1.93 bits per heavy atom. The van der Waals surface area contributed by atoms with Gasteiger partial charge in [0.15, 0.2) is 10.8 Å². The summed E-state index contributed by atoms with van der Waals surface area (Å²) in [6.07, 6.45) is 0. The number of fused-ring (bicyclic) bond motifs is 1. The van der Waals surface area contributed by atoms with Gasteiger partial charge in [-0.05, 0) is 36.2 Å². The summed E-state index contributed by atoms with van der Waals surface area (Å²) in [6.45, 7) is 1.80.